The van der Waals surface area contributed by atoms with Crippen molar-refractivity contribution in [1.82, 2.24) is 31.1 Å². The summed E-state index contributed by atoms with van der Waals surface area (Å²) in [5.41, 5.74) is 4.26. The van der Waals surface area contributed by atoms with Gasteiger partial charge in [-0.1, -0.05) is 68.3 Å². The number of hydrogen-bond donors (Lipinski definition) is 7. The number of primary amides is 1. The number of methoxy groups -OCH3 is 2. The van der Waals surface area contributed by atoms with Crippen molar-refractivity contribution in [3.8, 4) is 5.75 Å². The molecule has 486 valence electrons. The lowest BCUT2D eigenvalue weighted by atomic mass is 9.83. The summed E-state index contributed by atoms with van der Waals surface area (Å²) >= 11 is 6.83. The van der Waals surface area contributed by atoms with Crippen LogP contribution in [0.5, 0.6) is 5.75 Å². The Balaban J connectivity index is 1.21. The molecule has 8 N–H and O–H groups in total. The minimum absolute atomic E-state index is 0.0594. The van der Waals surface area contributed by atoms with E-state index in [1.807, 2.05) is 13.0 Å². The molecule has 2 radical (unpaired) electrons. The van der Waals surface area contributed by atoms with Gasteiger partial charge in [-0.2, -0.15) is 0 Å². The number of nitrogens with zero attached hydrogens (tertiary/aromatic N) is 3. The summed E-state index contributed by atoms with van der Waals surface area (Å²) in [6.45, 7) is 10.0. The fourth-order valence-electron chi connectivity index (χ4n) is 10.3. The van der Waals surface area contributed by atoms with E-state index < -0.39 is 126 Å². The first kappa shape index (κ1) is 72.0. The highest BCUT2D eigenvalue weighted by molar-refractivity contribution is 6.57. The van der Waals surface area contributed by atoms with E-state index in [0.29, 0.717) is 42.0 Å². The number of anilines is 2. The largest absolute Gasteiger partial charge is 0.495 e. The van der Waals surface area contributed by atoms with Gasteiger partial charge in [-0.05, 0) is 101 Å². The molecule has 28 heteroatoms. The van der Waals surface area contributed by atoms with E-state index >= 15 is 0 Å². The number of esters is 1. The van der Waals surface area contributed by atoms with Gasteiger partial charge in [0.1, 0.15) is 59.4 Å². The molecule has 0 aliphatic carbocycles. The third kappa shape index (κ3) is 20.4. The smallest absolute Gasteiger partial charge is 0.409 e. The number of hydrogen-bond acceptors (Lipinski definition) is 17. The van der Waals surface area contributed by atoms with Crippen molar-refractivity contribution in [3.05, 3.63) is 76.3 Å². The number of carbonyl (C=O) groups excluding carboxylic acids is 10. The fraction of sp³-hybridized carbons (Fsp3) is 0.574. The maximum Gasteiger partial charge on any atom is 0.409 e. The summed E-state index contributed by atoms with van der Waals surface area (Å²) in [6, 6.07) is 5.74. The maximum absolute atomic E-state index is 14.4. The zero-order valence-electron chi connectivity index (χ0n) is 52.4. The summed E-state index contributed by atoms with van der Waals surface area (Å²) < 4.78 is 35.0. The first-order valence-corrected chi connectivity index (χ1v) is 29.8. The van der Waals surface area contributed by atoms with Crippen LogP contribution >= 0.6 is 11.6 Å². The van der Waals surface area contributed by atoms with Crippen molar-refractivity contribution in [2.24, 2.45) is 17.6 Å². The highest BCUT2D eigenvalue weighted by Crippen LogP contribution is 2.49. The van der Waals surface area contributed by atoms with Crippen LogP contribution in [0.25, 0.3) is 0 Å². The minimum Gasteiger partial charge on any atom is -0.495 e. The number of amides is 9. The van der Waals surface area contributed by atoms with E-state index in [2.05, 4.69) is 26.6 Å². The second-order valence-electron chi connectivity index (χ2n) is 23.3. The Labute approximate surface area is 525 Å². The predicted octanol–water partition coefficient (Wildman–Crippen LogP) is 4.44. The van der Waals surface area contributed by atoms with Gasteiger partial charge in [0, 0.05) is 72.2 Å². The van der Waals surface area contributed by atoms with Crippen molar-refractivity contribution >= 4 is 90.2 Å². The van der Waals surface area contributed by atoms with Crippen LogP contribution in [0.3, 0.4) is 0 Å². The van der Waals surface area contributed by atoms with Crippen molar-refractivity contribution < 1.29 is 81.5 Å². The second kappa shape index (κ2) is 32.7. The molecule has 9 amide bonds. The zero-order valence-corrected chi connectivity index (χ0v) is 53.2. The molecule has 2 fully saturated rings. The van der Waals surface area contributed by atoms with Crippen LogP contribution in [-0.4, -0.2) is 184 Å². The number of benzene rings is 2. The Bertz CT molecular complexity index is 2970. The highest BCUT2D eigenvalue weighted by Gasteiger charge is 2.64. The molecule has 2 saturated heterocycles. The molecule has 3 heterocycles. The third-order valence-electron chi connectivity index (χ3n) is 16.0. The molecular formula is C61H85BClN9O17. The van der Waals surface area contributed by atoms with Gasteiger partial charge in [0.15, 0.2) is 13.6 Å². The van der Waals surface area contributed by atoms with E-state index in [1.165, 1.54) is 52.1 Å². The van der Waals surface area contributed by atoms with Crippen molar-refractivity contribution in [2.45, 2.75) is 166 Å². The number of fused-ring (bicyclic) bond motifs is 5. The number of carbonyl (C=O) groups is 10. The lowest BCUT2D eigenvalue weighted by Gasteiger charge is -2.42. The highest BCUT2D eigenvalue weighted by atomic mass is 35.5. The first-order valence-electron chi connectivity index (χ1n) is 29.5. The van der Waals surface area contributed by atoms with E-state index in [0.717, 1.165) is 16.0 Å². The Kier molecular flexibility index (Phi) is 26.4. The van der Waals surface area contributed by atoms with Gasteiger partial charge in [0.25, 0.3) is 0 Å². The Hall–Kier alpha value is -7.75. The summed E-state index contributed by atoms with van der Waals surface area (Å²) in [7, 11) is 12.4. The number of aliphatic hydroxyl groups is 1. The van der Waals surface area contributed by atoms with E-state index in [4.69, 9.17) is 53.6 Å². The normalized spacial score (nSPS) is 23.6. The summed E-state index contributed by atoms with van der Waals surface area (Å²) in [5, 5.41) is 25.2. The lowest BCUT2D eigenvalue weighted by Crippen LogP contribution is -2.63. The number of nitrogens with two attached hydrogens (primary N) is 1. The molecule has 2 aromatic carbocycles. The van der Waals surface area contributed by atoms with Gasteiger partial charge in [-0.25, -0.2) is 19.2 Å². The number of unbranched alkanes of at least 4 members (excludes halogenated alkanes) is 1. The van der Waals surface area contributed by atoms with Gasteiger partial charge < -0.3 is 80.0 Å². The first-order chi connectivity index (χ1) is 41.9. The fourth-order valence-corrected chi connectivity index (χ4v) is 10.6. The number of nitrogens with one attached hydrogen (secondary N) is 5. The van der Waals surface area contributed by atoms with Crippen LogP contribution in [0.2, 0.25) is 5.02 Å². The van der Waals surface area contributed by atoms with Gasteiger partial charge in [0.2, 0.25) is 29.5 Å². The quantitative estimate of drug-likeness (QED) is 0.0237. The average molecular weight is 1260 g/mol. The number of rotatable bonds is 25. The predicted molar refractivity (Wildman–Crippen MR) is 328 cm³/mol. The molecule has 89 heavy (non-hydrogen) atoms. The van der Waals surface area contributed by atoms with Crippen LogP contribution in [-0.2, 0) is 70.3 Å². The van der Waals surface area contributed by atoms with Crippen molar-refractivity contribution in [3.63, 3.8) is 0 Å². The molecular weight excluding hydrogens is 1180 g/mol. The Morgan fingerprint density at radius 3 is 2.30 bits per heavy atom. The lowest BCUT2D eigenvalue weighted by molar-refractivity contribution is -0.162. The second-order valence-corrected chi connectivity index (χ2v) is 23.7. The molecule has 10 atom stereocenters. The monoisotopic (exact) mass is 1260 g/mol. The Morgan fingerprint density at radius 1 is 0.978 bits per heavy atom. The zero-order chi connectivity index (χ0) is 66.1. The standard InChI is InChI=1S/C61H85BClN9O17/c1-34(2)52(68-48(74)20-13-12-19-47(62)73)55(78)67-41(17-15-26-65-57(64)80)54(77)66-40-23-21-38(22-24-40)33-86-59(82)70(7)27-25-49(75)71(8)37(5)56(79)88-46-31-50(76)72(9)42-29-39(30-43(84-10)51(42)63)28-35(3)16-14-18-45(85-11)61(83)32-44(87-58(81)69-61)36(4)53-60(46,6)89-53/h14,16,18,21-24,29-30,34,36-37,41,44-46,52-53,83H,12-13,15,17,19-20,25-28,31-33H2,1-11H3,(H,66,77)(H,67,78)(H,68,74)(H,69,81)(H3,64,65,80)/b18-14+,35-16+/t36-,37+,41+,44+,45-,46+,52+,53+,60+,61+/m1/s1. The molecule has 3 aliphatic rings. The van der Waals surface area contributed by atoms with Crippen molar-refractivity contribution in [1.29, 1.82) is 0 Å². The number of alkyl carbamates (subject to hydrolysis) is 1. The third-order valence-corrected chi connectivity index (χ3v) is 16.4. The van der Waals surface area contributed by atoms with Gasteiger partial charge >= 0.3 is 24.2 Å². The summed E-state index contributed by atoms with van der Waals surface area (Å²) in [4.78, 5) is 134. The molecule has 2 aromatic rings. The molecule has 0 unspecified atom stereocenters. The van der Waals surface area contributed by atoms with Gasteiger partial charge in [-0.15, -0.1) is 0 Å². The van der Waals surface area contributed by atoms with Crippen LogP contribution < -0.4 is 42.0 Å². The average Bonchev–Trinajstić information content (AvgIpc) is 1.59. The summed E-state index contributed by atoms with van der Waals surface area (Å²) in [5.74, 6) is -4.24. The number of likely N-dealkylation sites (N-methyl/N-ethyl adjacent to an activating group) is 1. The molecule has 3 aliphatic heterocycles. The van der Waals surface area contributed by atoms with Crippen LogP contribution in [0, 0.1) is 11.8 Å². The number of halogens is 1. The van der Waals surface area contributed by atoms with Crippen LogP contribution in [0.1, 0.15) is 110 Å². The number of allylic oxidation sites excluding steroid dienone is 3. The molecule has 26 nitrogen and oxygen atoms in total. The van der Waals surface area contributed by atoms with Gasteiger partial charge in [-0.3, -0.25) is 29.3 Å². The maximum atomic E-state index is 14.4. The topological polar surface area (TPSA) is 345 Å². The molecule has 4 bridgehead atoms. The number of ether oxygens (including phenoxy) is 6. The molecule has 0 aromatic heterocycles. The molecule has 0 saturated carbocycles. The Morgan fingerprint density at radius 2 is 1.66 bits per heavy atom. The number of urea groups is 1. The van der Waals surface area contributed by atoms with Crippen molar-refractivity contribution in [2.75, 3.05) is 58.7 Å². The molecule has 5 rings (SSSR count). The minimum atomic E-state index is -1.91. The molecule has 0 spiro atoms. The van der Waals surface area contributed by atoms with Gasteiger partial charge in [0.05, 0.1) is 31.0 Å². The number of epoxide rings is 1. The SMILES string of the molecule is [B]C(=O)CCCCC(=O)N[C@H](C(=O)N[C@@H](CCCNC(N)=O)C(=O)Nc1ccc(COC(=O)N(C)CCC(=O)N(C)[C@@H](C)C(=O)O[C@H]2CC(=O)N(C)c3cc(cc(OC)c3Cl)C/C(C)=C/C=C/[C@@H](OC)[C@@]3(O)C[C@H](OC(=O)N3)[C@@H](C)[C@@H]3O[C@@]23C)cc1)C(C)C. The summed E-state index contributed by atoms with van der Waals surface area (Å²) in [6.07, 6.45) is 0.389. The van der Waals surface area contributed by atoms with Crippen LogP contribution in [0.15, 0.2) is 60.2 Å². The van der Waals surface area contributed by atoms with E-state index in [-0.39, 0.29) is 69.2 Å². The van der Waals surface area contributed by atoms with Crippen LogP contribution in [0.4, 0.5) is 25.8 Å². The van der Waals surface area contributed by atoms with E-state index in [1.54, 1.807) is 76.2 Å². The van der Waals surface area contributed by atoms with E-state index in [9.17, 15) is 53.1 Å².